The predicted octanol–water partition coefficient (Wildman–Crippen LogP) is 1.95. The lowest BCUT2D eigenvalue weighted by Gasteiger charge is -2.28. The number of nitrogens with zero attached hydrogens (tertiary/aromatic N) is 1. The zero-order valence-electron chi connectivity index (χ0n) is 8.46. The van der Waals surface area contributed by atoms with Crippen molar-refractivity contribution in [2.45, 2.75) is 32.6 Å². The third-order valence-corrected chi connectivity index (χ3v) is 2.97. The summed E-state index contributed by atoms with van der Waals surface area (Å²) >= 11 is 3.33. The summed E-state index contributed by atoms with van der Waals surface area (Å²) in [4.78, 5) is 24.4. The Hall–Kier alpha value is -0.380. The van der Waals surface area contributed by atoms with Crippen molar-refractivity contribution in [2.24, 2.45) is 5.92 Å². The number of hydrogen-bond donors (Lipinski definition) is 0. The van der Waals surface area contributed by atoms with Gasteiger partial charge < -0.3 is 0 Å². The van der Waals surface area contributed by atoms with Crippen LogP contribution < -0.4 is 0 Å². The molecule has 1 aliphatic heterocycles. The number of carbonyl (C=O) groups is 2. The van der Waals surface area contributed by atoms with E-state index in [4.69, 9.17) is 0 Å². The first-order valence-electron chi connectivity index (χ1n) is 5.04. The molecule has 0 N–H and O–H groups in total. The zero-order valence-corrected chi connectivity index (χ0v) is 10.0. The summed E-state index contributed by atoms with van der Waals surface area (Å²) in [5.74, 6) is 0.231. The number of rotatable bonds is 4. The lowest BCUT2D eigenvalue weighted by Crippen LogP contribution is -2.43. The molecule has 2 amide bonds. The summed E-state index contributed by atoms with van der Waals surface area (Å²) in [6, 6.07) is 0. The Morgan fingerprint density at radius 2 is 1.86 bits per heavy atom. The molecule has 0 saturated carbocycles. The molecule has 1 saturated heterocycles. The van der Waals surface area contributed by atoms with Gasteiger partial charge in [-0.2, -0.15) is 0 Å². The summed E-state index contributed by atoms with van der Waals surface area (Å²) in [7, 11) is 0. The number of amides is 2. The van der Waals surface area contributed by atoms with Crippen LogP contribution in [0.25, 0.3) is 0 Å². The molecular weight excluding hydrogens is 246 g/mol. The van der Waals surface area contributed by atoms with Crippen molar-refractivity contribution in [2.75, 3.05) is 11.9 Å². The molecule has 0 aromatic heterocycles. The monoisotopic (exact) mass is 261 g/mol. The Labute approximate surface area is 93.0 Å². The first kappa shape index (κ1) is 11.7. The highest BCUT2D eigenvalue weighted by atomic mass is 79.9. The minimum atomic E-state index is 0.00308. The summed E-state index contributed by atoms with van der Waals surface area (Å²) in [6.07, 6.45) is 2.96. The highest BCUT2D eigenvalue weighted by Crippen LogP contribution is 2.19. The SMILES string of the molecule is CC1CC(=O)N(CCCCBr)C(=O)C1. The standard InChI is InChI=1S/C10H16BrNO2/c1-8-6-9(13)12(10(14)7-8)5-3-2-4-11/h8H,2-7H2,1H3. The van der Waals surface area contributed by atoms with Gasteiger partial charge in [0.25, 0.3) is 0 Å². The van der Waals surface area contributed by atoms with Crippen LogP contribution >= 0.6 is 15.9 Å². The minimum absolute atomic E-state index is 0.00308. The van der Waals surface area contributed by atoms with Crippen LogP contribution in [-0.4, -0.2) is 28.6 Å². The smallest absolute Gasteiger partial charge is 0.229 e. The first-order valence-corrected chi connectivity index (χ1v) is 6.16. The van der Waals surface area contributed by atoms with Gasteiger partial charge in [0.15, 0.2) is 0 Å². The van der Waals surface area contributed by atoms with Gasteiger partial charge in [-0.15, -0.1) is 0 Å². The molecule has 1 heterocycles. The number of imide groups is 1. The summed E-state index contributed by atoms with van der Waals surface area (Å²) in [6.45, 7) is 2.54. The van der Waals surface area contributed by atoms with Gasteiger partial charge in [-0.05, 0) is 18.8 Å². The van der Waals surface area contributed by atoms with Crippen molar-refractivity contribution in [1.82, 2.24) is 4.90 Å². The maximum atomic E-state index is 11.5. The van der Waals surface area contributed by atoms with Crippen LogP contribution in [0.4, 0.5) is 0 Å². The number of unbranched alkanes of at least 4 members (excludes halogenated alkanes) is 1. The quantitative estimate of drug-likeness (QED) is 0.441. The van der Waals surface area contributed by atoms with Gasteiger partial charge in [-0.25, -0.2) is 0 Å². The van der Waals surface area contributed by atoms with Crippen LogP contribution in [0.5, 0.6) is 0 Å². The molecule has 0 atom stereocenters. The van der Waals surface area contributed by atoms with E-state index in [0.29, 0.717) is 19.4 Å². The molecule has 80 valence electrons. The molecule has 0 unspecified atom stereocenters. The Balaban J connectivity index is 2.42. The van der Waals surface area contributed by atoms with E-state index < -0.39 is 0 Å². The fourth-order valence-corrected chi connectivity index (χ4v) is 2.04. The van der Waals surface area contributed by atoms with E-state index in [1.54, 1.807) is 0 Å². The summed E-state index contributed by atoms with van der Waals surface area (Å²) in [5, 5.41) is 0.930. The van der Waals surface area contributed by atoms with Gasteiger partial charge in [-0.1, -0.05) is 22.9 Å². The van der Waals surface area contributed by atoms with E-state index in [0.717, 1.165) is 18.2 Å². The molecule has 14 heavy (non-hydrogen) atoms. The highest BCUT2D eigenvalue weighted by molar-refractivity contribution is 9.09. The van der Waals surface area contributed by atoms with Crippen LogP contribution in [0.3, 0.4) is 0 Å². The number of halogens is 1. The molecule has 0 radical (unpaired) electrons. The Kier molecular flexibility index (Phi) is 4.58. The van der Waals surface area contributed by atoms with E-state index in [2.05, 4.69) is 15.9 Å². The normalized spacial score (nSPS) is 19.1. The molecule has 0 spiro atoms. The fourth-order valence-electron chi connectivity index (χ4n) is 1.64. The summed E-state index contributed by atoms with van der Waals surface area (Å²) in [5.41, 5.74) is 0. The number of hydrogen-bond acceptors (Lipinski definition) is 2. The third kappa shape index (κ3) is 3.08. The van der Waals surface area contributed by atoms with Crippen LogP contribution in [0.1, 0.15) is 32.6 Å². The largest absolute Gasteiger partial charge is 0.283 e. The molecular formula is C10H16BrNO2. The predicted molar refractivity (Wildman–Crippen MR) is 58.1 cm³/mol. The van der Waals surface area contributed by atoms with E-state index in [-0.39, 0.29) is 17.7 Å². The second-order valence-electron chi connectivity index (χ2n) is 3.85. The highest BCUT2D eigenvalue weighted by Gasteiger charge is 2.29. The molecule has 0 aromatic rings. The van der Waals surface area contributed by atoms with E-state index in [1.807, 2.05) is 6.92 Å². The topological polar surface area (TPSA) is 37.4 Å². The Morgan fingerprint density at radius 3 is 2.36 bits per heavy atom. The van der Waals surface area contributed by atoms with Crippen molar-refractivity contribution in [3.05, 3.63) is 0 Å². The molecule has 1 rings (SSSR count). The van der Waals surface area contributed by atoms with Gasteiger partial charge in [0, 0.05) is 24.7 Å². The van der Waals surface area contributed by atoms with E-state index in [9.17, 15) is 9.59 Å². The molecule has 0 aliphatic carbocycles. The molecule has 1 aliphatic rings. The Bertz CT molecular complexity index is 212. The Morgan fingerprint density at radius 1 is 1.29 bits per heavy atom. The van der Waals surface area contributed by atoms with Crippen molar-refractivity contribution >= 4 is 27.7 Å². The molecule has 1 fully saturated rings. The van der Waals surface area contributed by atoms with Crippen molar-refractivity contribution < 1.29 is 9.59 Å². The first-order chi connectivity index (χ1) is 6.65. The number of alkyl halides is 1. The van der Waals surface area contributed by atoms with Gasteiger partial charge in [0.05, 0.1) is 0 Å². The molecule has 3 nitrogen and oxygen atoms in total. The lowest BCUT2D eigenvalue weighted by molar-refractivity contribution is -0.149. The van der Waals surface area contributed by atoms with Crippen molar-refractivity contribution in [3.8, 4) is 0 Å². The van der Waals surface area contributed by atoms with Crippen molar-refractivity contribution in [3.63, 3.8) is 0 Å². The number of carbonyl (C=O) groups excluding carboxylic acids is 2. The van der Waals surface area contributed by atoms with Crippen LogP contribution in [0, 0.1) is 5.92 Å². The van der Waals surface area contributed by atoms with Gasteiger partial charge in [-0.3, -0.25) is 14.5 Å². The molecule has 0 aromatic carbocycles. The lowest BCUT2D eigenvalue weighted by atomic mass is 9.97. The maximum Gasteiger partial charge on any atom is 0.229 e. The van der Waals surface area contributed by atoms with E-state index >= 15 is 0 Å². The number of likely N-dealkylation sites (tertiary alicyclic amines) is 1. The molecule has 0 bridgehead atoms. The maximum absolute atomic E-state index is 11.5. The van der Waals surface area contributed by atoms with Gasteiger partial charge >= 0.3 is 0 Å². The third-order valence-electron chi connectivity index (χ3n) is 2.41. The summed E-state index contributed by atoms with van der Waals surface area (Å²) < 4.78 is 0. The average Bonchev–Trinajstić information content (AvgIpc) is 2.09. The second-order valence-corrected chi connectivity index (χ2v) is 4.64. The molecule has 4 heteroatoms. The van der Waals surface area contributed by atoms with Crippen LogP contribution in [0.2, 0.25) is 0 Å². The van der Waals surface area contributed by atoms with Crippen molar-refractivity contribution in [1.29, 1.82) is 0 Å². The van der Waals surface area contributed by atoms with Crippen LogP contribution in [-0.2, 0) is 9.59 Å². The minimum Gasteiger partial charge on any atom is -0.283 e. The second kappa shape index (κ2) is 5.49. The average molecular weight is 262 g/mol. The van der Waals surface area contributed by atoms with Gasteiger partial charge in [0.2, 0.25) is 11.8 Å². The number of piperidine rings is 1. The van der Waals surface area contributed by atoms with Crippen LogP contribution in [0.15, 0.2) is 0 Å². The fraction of sp³-hybridized carbons (Fsp3) is 0.800. The zero-order chi connectivity index (χ0) is 10.6. The van der Waals surface area contributed by atoms with Gasteiger partial charge in [0.1, 0.15) is 0 Å². The van der Waals surface area contributed by atoms with E-state index in [1.165, 1.54) is 4.90 Å².